The third-order valence-electron chi connectivity index (χ3n) is 3.29. The first-order valence-corrected chi connectivity index (χ1v) is 7.15. The molecule has 0 aliphatic carbocycles. The third kappa shape index (κ3) is 2.87. The number of anilines is 2. The fourth-order valence-electron chi connectivity index (χ4n) is 2.29. The Morgan fingerprint density at radius 2 is 1.58 bits per heavy atom. The summed E-state index contributed by atoms with van der Waals surface area (Å²) >= 11 is 3.52. The van der Waals surface area contributed by atoms with E-state index in [0.717, 1.165) is 36.6 Å². The molecule has 1 aliphatic heterocycles. The smallest absolute Gasteiger partial charge is 0.225 e. The van der Waals surface area contributed by atoms with Gasteiger partial charge in [-0.15, -0.1) is 0 Å². The van der Waals surface area contributed by atoms with Gasteiger partial charge in [0, 0.05) is 48.7 Å². The van der Waals surface area contributed by atoms with Gasteiger partial charge in [0.15, 0.2) is 0 Å². The second-order valence-corrected chi connectivity index (χ2v) is 5.42. The topological polar surface area (TPSA) is 32.3 Å². The van der Waals surface area contributed by atoms with Gasteiger partial charge in [-0.3, -0.25) is 0 Å². The van der Waals surface area contributed by atoms with Crippen LogP contribution in [0.25, 0.3) is 0 Å². The van der Waals surface area contributed by atoms with Crippen molar-refractivity contribution in [2.24, 2.45) is 0 Å². The first-order valence-electron chi connectivity index (χ1n) is 6.35. The highest BCUT2D eigenvalue weighted by Crippen LogP contribution is 2.21. The van der Waals surface area contributed by atoms with Crippen LogP contribution in [-0.2, 0) is 0 Å². The SMILES string of the molecule is Brc1cccc(N2CCN(c3ncccn3)CC2)c1. The Morgan fingerprint density at radius 1 is 0.895 bits per heavy atom. The molecule has 1 aliphatic rings. The van der Waals surface area contributed by atoms with E-state index in [1.807, 2.05) is 6.07 Å². The molecule has 0 spiro atoms. The Morgan fingerprint density at radius 3 is 2.26 bits per heavy atom. The van der Waals surface area contributed by atoms with Crippen LogP contribution in [0.4, 0.5) is 11.6 Å². The quantitative estimate of drug-likeness (QED) is 0.852. The summed E-state index contributed by atoms with van der Waals surface area (Å²) in [4.78, 5) is 13.2. The minimum absolute atomic E-state index is 0.830. The number of nitrogens with zero attached hydrogens (tertiary/aromatic N) is 4. The number of hydrogen-bond acceptors (Lipinski definition) is 4. The lowest BCUT2D eigenvalue weighted by atomic mass is 10.2. The van der Waals surface area contributed by atoms with Crippen LogP contribution < -0.4 is 9.80 Å². The van der Waals surface area contributed by atoms with Crippen LogP contribution in [0.5, 0.6) is 0 Å². The molecular formula is C14H15BrN4. The normalized spacial score (nSPS) is 15.6. The van der Waals surface area contributed by atoms with Gasteiger partial charge >= 0.3 is 0 Å². The van der Waals surface area contributed by atoms with Gasteiger partial charge in [0.25, 0.3) is 0 Å². The Hall–Kier alpha value is -1.62. The number of rotatable bonds is 2. The van der Waals surface area contributed by atoms with Gasteiger partial charge in [0.05, 0.1) is 0 Å². The predicted octanol–water partition coefficient (Wildman–Crippen LogP) is 2.57. The van der Waals surface area contributed by atoms with Gasteiger partial charge in [0.1, 0.15) is 0 Å². The van der Waals surface area contributed by atoms with Crippen molar-refractivity contribution in [1.29, 1.82) is 0 Å². The summed E-state index contributed by atoms with van der Waals surface area (Å²) in [5.74, 6) is 0.830. The average Bonchev–Trinajstić information content (AvgIpc) is 2.48. The highest BCUT2D eigenvalue weighted by atomic mass is 79.9. The molecule has 5 heteroatoms. The molecular weight excluding hydrogens is 304 g/mol. The molecule has 1 fully saturated rings. The summed E-state index contributed by atoms with van der Waals surface area (Å²) in [7, 11) is 0. The van der Waals surface area contributed by atoms with Gasteiger partial charge in [-0.25, -0.2) is 9.97 Å². The Balaban J connectivity index is 1.67. The number of benzene rings is 1. The molecule has 0 N–H and O–H groups in total. The zero-order valence-electron chi connectivity index (χ0n) is 10.5. The van der Waals surface area contributed by atoms with E-state index in [9.17, 15) is 0 Å². The highest BCUT2D eigenvalue weighted by molar-refractivity contribution is 9.10. The zero-order valence-corrected chi connectivity index (χ0v) is 12.1. The van der Waals surface area contributed by atoms with E-state index < -0.39 is 0 Å². The second kappa shape index (κ2) is 5.57. The molecule has 2 aromatic rings. The molecule has 2 heterocycles. The van der Waals surface area contributed by atoms with Crippen molar-refractivity contribution in [2.45, 2.75) is 0 Å². The van der Waals surface area contributed by atoms with Crippen LogP contribution in [0, 0.1) is 0 Å². The summed E-state index contributed by atoms with van der Waals surface area (Å²) in [6, 6.07) is 10.3. The van der Waals surface area contributed by atoms with E-state index in [0.29, 0.717) is 0 Å². The predicted molar refractivity (Wildman–Crippen MR) is 80.6 cm³/mol. The average molecular weight is 319 g/mol. The maximum absolute atomic E-state index is 4.30. The lowest BCUT2D eigenvalue weighted by Crippen LogP contribution is -2.47. The zero-order chi connectivity index (χ0) is 13.1. The van der Waals surface area contributed by atoms with Crippen LogP contribution in [0.2, 0.25) is 0 Å². The lowest BCUT2D eigenvalue weighted by Gasteiger charge is -2.36. The summed E-state index contributed by atoms with van der Waals surface area (Å²) < 4.78 is 1.12. The van der Waals surface area contributed by atoms with Gasteiger partial charge in [-0.2, -0.15) is 0 Å². The third-order valence-corrected chi connectivity index (χ3v) is 3.78. The summed E-state index contributed by atoms with van der Waals surface area (Å²) in [5, 5.41) is 0. The first-order chi connectivity index (χ1) is 9.33. The molecule has 0 unspecified atom stereocenters. The molecule has 1 aromatic heterocycles. The number of aromatic nitrogens is 2. The second-order valence-electron chi connectivity index (χ2n) is 4.50. The van der Waals surface area contributed by atoms with Gasteiger partial charge < -0.3 is 9.80 Å². The van der Waals surface area contributed by atoms with Crippen molar-refractivity contribution in [1.82, 2.24) is 9.97 Å². The molecule has 4 nitrogen and oxygen atoms in total. The van der Waals surface area contributed by atoms with E-state index in [4.69, 9.17) is 0 Å². The molecule has 1 saturated heterocycles. The highest BCUT2D eigenvalue weighted by Gasteiger charge is 2.18. The van der Waals surface area contributed by atoms with E-state index in [1.54, 1.807) is 12.4 Å². The minimum Gasteiger partial charge on any atom is -0.368 e. The standard InChI is InChI=1S/C14H15BrN4/c15-12-3-1-4-13(11-12)18-7-9-19(10-8-18)14-16-5-2-6-17-14/h1-6,11H,7-10H2. The lowest BCUT2D eigenvalue weighted by molar-refractivity contribution is 0.640. The van der Waals surface area contributed by atoms with E-state index in [2.05, 4.69) is 60.0 Å². The molecule has 0 radical (unpaired) electrons. The minimum atomic E-state index is 0.830. The molecule has 0 bridgehead atoms. The van der Waals surface area contributed by atoms with Crippen molar-refractivity contribution in [3.8, 4) is 0 Å². The van der Waals surface area contributed by atoms with Crippen LogP contribution in [0.1, 0.15) is 0 Å². The molecule has 1 aromatic carbocycles. The van der Waals surface area contributed by atoms with Crippen molar-refractivity contribution >= 4 is 27.6 Å². The fraction of sp³-hybridized carbons (Fsp3) is 0.286. The summed E-state index contributed by atoms with van der Waals surface area (Å²) in [5.41, 5.74) is 1.27. The number of hydrogen-bond donors (Lipinski definition) is 0. The molecule has 0 saturated carbocycles. The molecule has 3 rings (SSSR count). The van der Waals surface area contributed by atoms with E-state index in [1.165, 1.54) is 5.69 Å². The van der Waals surface area contributed by atoms with Gasteiger partial charge in [0.2, 0.25) is 5.95 Å². The first kappa shape index (κ1) is 12.4. The Labute approximate surface area is 121 Å². The maximum Gasteiger partial charge on any atom is 0.225 e. The van der Waals surface area contributed by atoms with Crippen LogP contribution in [-0.4, -0.2) is 36.1 Å². The summed E-state index contributed by atoms with van der Waals surface area (Å²) in [6.45, 7) is 3.90. The van der Waals surface area contributed by atoms with E-state index >= 15 is 0 Å². The van der Waals surface area contributed by atoms with Gasteiger partial charge in [-0.1, -0.05) is 22.0 Å². The van der Waals surface area contributed by atoms with Crippen LogP contribution >= 0.6 is 15.9 Å². The Kier molecular flexibility index (Phi) is 3.64. The van der Waals surface area contributed by atoms with Crippen molar-refractivity contribution in [3.63, 3.8) is 0 Å². The molecule has 98 valence electrons. The maximum atomic E-state index is 4.30. The van der Waals surface area contributed by atoms with Crippen molar-refractivity contribution in [3.05, 3.63) is 47.2 Å². The fourth-order valence-corrected chi connectivity index (χ4v) is 2.68. The monoisotopic (exact) mass is 318 g/mol. The number of piperazine rings is 1. The largest absolute Gasteiger partial charge is 0.368 e. The molecule has 0 atom stereocenters. The number of halogens is 1. The van der Waals surface area contributed by atoms with Crippen molar-refractivity contribution < 1.29 is 0 Å². The summed E-state index contributed by atoms with van der Waals surface area (Å²) in [6.07, 6.45) is 3.59. The Bertz CT molecular complexity index is 538. The van der Waals surface area contributed by atoms with Crippen LogP contribution in [0.15, 0.2) is 47.2 Å². The molecule has 0 amide bonds. The van der Waals surface area contributed by atoms with E-state index in [-0.39, 0.29) is 0 Å². The van der Waals surface area contributed by atoms with Crippen LogP contribution in [0.3, 0.4) is 0 Å². The van der Waals surface area contributed by atoms with Crippen molar-refractivity contribution in [2.75, 3.05) is 36.0 Å². The van der Waals surface area contributed by atoms with Gasteiger partial charge in [-0.05, 0) is 24.3 Å². The molecule has 19 heavy (non-hydrogen) atoms.